The highest BCUT2D eigenvalue weighted by Crippen LogP contribution is 2.28. The quantitative estimate of drug-likeness (QED) is 0.389. The van der Waals surface area contributed by atoms with Crippen molar-refractivity contribution in [2.24, 2.45) is 0 Å². The van der Waals surface area contributed by atoms with Crippen LogP contribution in [-0.4, -0.2) is 65.6 Å². The first-order chi connectivity index (χ1) is 18.0. The number of hydrogen-bond acceptors (Lipinski definition) is 8. The molecule has 1 saturated heterocycles. The Labute approximate surface area is 219 Å². The van der Waals surface area contributed by atoms with E-state index in [9.17, 15) is 9.59 Å². The SMILES string of the molecule is O=C(NC1CC1)c1ccccc1Nc1nc(Nc2ccc(OCC(=O)N3CCOCC3)cc2)ncc1Cl. The lowest BCUT2D eigenvalue weighted by Crippen LogP contribution is -2.42. The number of benzene rings is 2. The summed E-state index contributed by atoms with van der Waals surface area (Å²) < 4.78 is 10.9. The van der Waals surface area contributed by atoms with E-state index in [1.165, 1.54) is 6.20 Å². The summed E-state index contributed by atoms with van der Waals surface area (Å²) >= 11 is 6.34. The summed E-state index contributed by atoms with van der Waals surface area (Å²) in [5.74, 6) is 1.07. The molecule has 2 aromatic carbocycles. The molecule has 1 aliphatic carbocycles. The molecule has 0 atom stereocenters. The number of amides is 2. The van der Waals surface area contributed by atoms with Crippen LogP contribution in [0.15, 0.2) is 54.7 Å². The normalized spacial score (nSPS) is 15.1. The number of morpholine rings is 1. The first-order valence-electron chi connectivity index (χ1n) is 12.1. The molecule has 3 aromatic rings. The number of aromatic nitrogens is 2. The van der Waals surface area contributed by atoms with E-state index in [1.807, 2.05) is 12.1 Å². The van der Waals surface area contributed by atoms with Crippen molar-refractivity contribution in [1.82, 2.24) is 20.2 Å². The number of para-hydroxylation sites is 1. The van der Waals surface area contributed by atoms with E-state index in [0.29, 0.717) is 60.1 Å². The van der Waals surface area contributed by atoms with Crippen LogP contribution in [0.25, 0.3) is 0 Å². The van der Waals surface area contributed by atoms with Gasteiger partial charge >= 0.3 is 0 Å². The zero-order valence-corrected chi connectivity index (χ0v) is 20.8. The molecule has 3 N–H and O–H groups in total. The number of anilines is 4. The van der Waals surface area contributed by atoms with Gasteiger partial charge < -0.3 is 30.3 Å². The average Bonchev–Trinajstić information content (AvgIpc) is 3.75. The molecule has 192 valence electrons. The van der Waals surface area contributed by atoms with Crippen molar-refractivity contribution >= 4 is 46.6 Å². The van der Waals surface area contributed by atoms with E-state index in [-0.39, 0.29) is 24.5 Å². The van der Waals surface area contributed by atoms with Crippen LogP contribution in [-0.2, 0) is 9.53 Å². The van der Waals surface area contributed by atoms with Crippen molar-refractivity contribution in [2.45, 2.75) is 18.9 Å². The second-order valence-electron chi connectivity index (χ2n) is 8.74. The number of carbonyl (C=O) groups excluding carboxylic acids is 2. The van der Waals surface area contributed by atoms with Crippen molar-refractivity contribution in [3.8, 4) is 5.75 Å². The smallest absolute Gasteiger partial charge is 0.260 e. The third kappa shape index (κ3) is 6.66. The first kappa shape index (κ1) is 24.8. The molecule has 0 bridgehead atoms. The van der Waals surface area contributed by atoms with Gasteiger partial charge in [-0.1, -0.05) is 23.7 Å². The zero-order valence-electron chi connectivity index (χ0n) is 20.1. The van der Waals surface area contributed by atoms with Gasteiger partial charge in [-0.25, -0.2) is 4.98 Å². The van der Waals surface area contributed by atoms with E-state index >= 15 is 0 Å². The topological polar surface area (TPSA) is 118 Å². The second kappa shape index (κ2) is 11.4. The standard InChI is InChI=1S/C26H27ClN6O4/c27-21-15-28-26(32-24(21)31-22-4-2-1-3-20(22)25(35)29-17-5-6-17)30-18-7-9-19(10-8-18)37-16-23(34)33-11-13-36-14-12-33/h1-4,7-10,15,17H,5-6,11-14,16H2,(H,29,35)(H2,28,30,31,32). The Bertz CT molecular complexity index is 1260. The van der Waals surface area contributed by atoms with Gasteiger partial charge in [-0.15, -0.1) is 0 Å². The van der Waals surface area contributed by atoms with Gasteiger partial charge in [0.25, 0.3) is 11.8 Å². The zero-order chi connectivity index (χ0) is 25.6. The molecule has 37 heavy (non-hydrogen) atoms. The molecule has 11 heteroatoms. The molecule has 1 aliphatic heterocycles. The van der Waals surface area contributed by atoms with Gasteiger partial charge in [-0.3, -0.25) is 9.59 Å². The summed E-state index contributed by atoms with van der Waals surface area (Å²) in [6.45, 7) is 2.25. The van der Waals surface area contributed by atoms with Crippen molar-refractivity contribution in [3.05, 3.63) is 65.3 Å². The molecule has 0 unspecified atom stereocenters. The van der Waals surface area contributed by atoms with Crippen molar-refractivity contribution in [2.75, 3.05) is 43.5 Å². The van der Waals surface area contributed by atoms with Crippen LogP contribution < -0.4 is 20.7 Å². The highest BCUT2D eigenvalue weighted by atomic mass is 35.5. The lowest BCUT2D eigenvalue weighted by molar-refractivity contribution is -0.137. The number of ether oxygens (including phenoxy) is 2. The average molecular weight is 523 g/mol. The molecule has 0 spiro atoms. The molecule has 2 amide bonds. The van der Waals surface area contributed by atoms with Crippen molar-refractivity contribution in [3.63, 3.8) is 0 Å². The number of rotatable bonds is 9. The molecule has 1 saturated carbocycles. The van der Waals surface area contributed by atoms with E-state index in [1.54, 1.807) is 41.3 Å². The fraction of sp³-hybridized carbons (Fsp3) is 0.308. The summed E-state index contributed by atoms with van der Waals surface area (Å²) in [7, 11) is 0. The Morgan fingerprint density at radius 2 is 1.81 bits per heavy atom. The van der Waals surface area contributed by atoms with Crippen LogP contribution in [0, 0.1) is 0 Å². The Hall–Kier alpha value is -3.89. The monoisotopic (exact) mass is 522 g/mol. The first-order valence-corrected chi connectivity index (χ1v) is 12.5. The third-order valence-corrected chi connectivity index (χ3v) is 6.19. The maximum Gasteiger partial charge on any atom is 0.260 e. The maximum absolute atomic E-state index is 12.6. The van der Waals surface area contributed by atoms with Crippen LogP contribution in [0.5, 0.6) is 5.75 Å². The highest BCUT2D eigenvalue weighted by molar-refractivity contribution is 6.33. The van der Waals surface area contributed by atoms with Gasteiger partial charge in [-0.2, -0.15) is 4.98 Å². The predicted octanol–water partition coefficient (Wildman–Crippen LogP) is 3.75. The molecule has 2 heterocycles. The van der Waals surface area contributed by atoms with Crippen LogP contribution in [0.1, 0.15) is 23.2 Å². The van der Waals surface area contributed by atoms with E-state index in [0.717, 1.165) is 18.5 Å². The summed E-state index contributed by atoms with van der Waals surface area (Å²) in [5.41, 5.74) is 1.84. The fourth-order valence-electron chi connectivity index (χ4n) is 3.74. The Balaban J connectivity index is 1.21. The van der Waals surface area contributed by atoms with Crippen LogP contribution in [0.2, 0.25) is 5.02 Å². The number of halogens is 1. The lowest BCUT2D eigenvalue weighted by Gasteiger charge is -2.26. The van der Waals surface area contributed by atoms with Crippen molar-refractivity contribution < 1.29 is 19.1 Å². The fourth-order valence-corrected chi connectivity index (χ4v) is 3.87. The number of nitrogens with zero attached hydrogens (tertiary/aromatic N) is 3. The summed E-state index contributed by atoms with van der Waals surface area (Å²) in [6.07, 6.45) is 3.50. The summed E-state index contributed by atoms with van der Waals surface area (Å²) in [4.78, 5) is 35.3. The Morgan fingerprint density at radius 3 is 2.57 bits per heavy atom. The van der Waals surface area contributed by atoms with Gasteiger partial charge in [-0.05, 0) is 49.2 Å². The Morgan fingerprint density at radius 1 is 1.05 bits per heavy atom. The maximum atomic E-state index is 12.6. The minimum atomic E-state index is -0.136. The predicted molar refractivity (Wildman–Crippen MR) is 140 cm³/mol. The number of nitrogens with one attached hydrogen (secondary N) is 3. The Kier molecular flexibility index (Phi) is 7.67. The van der Waals surface area contributed by atoms with Gasteiger partial charge in [0.15, 0.2) is 12.4 Å². The number of hydrogen-bond donors (Lipinski definition) is 3. The molecule has 10 nitrogen and oxygen atoms in total. The molecule has 2 aliphatic rings. The van der Waals surface area contributed by atoms with Gasteiger partial charge in [0, 0.05) is 24.8 Å². The van der Waals surface area contributed by atoms with Gasteiger partial charge in [0.05, 0.1) is 30.7 Å². The van der Waals surface area contributed by atoms with E-state index in [2.05, 4.69) is 25.9 Å². The minimum Gasteiger partial charge on any atom is -0.484 e. The van der Waals surface area contributed by atoms with Gasteiger partial charge in [0.1, 0.15) is 10.8 Å². The van der Waals surface area contributed by atoms with Crippen LogP contribution >= 0.6 is 11.6 Å². The lowest BCUT2D eigenvalue weighted by atomic mass is 10.1. The van der Waals surface area contributed by atoms with Crippen LogP contribution in [0.4, 0.5) is 23.1 Å². The van der Waals surface area contributed by atoms with Crippen molar-refractivity contribution in [1.29, 1.82) is 0 Å². The van der Waals surface area contributed by atoms with Crippen LogP contribution in [0.3, 0.4) is 0 Å². The summed E-state index contributed by atoms with van der Waals surface area (Å²) in [6, 6.07) is 14.6. The van der Waals surface area contributed by atoms with E-state index < -0.39 is 0 Å². The second-order valence-corrected chi connectivity index (χ2v) is 9.15. The highest BCUT2D eigenvalue weighted by Gasteiger charge is 2.25. The molecular formula is C26H27ClN6O4. The minimum absolute atomic E-state index is 0.0255. The molecule has 1 aromatic heterocycles. The molecule has 5 rings (SSSR count). The number of carbonyl (C=O) groups is 2. The van der Waals surface area contributed by atoms with E-state index in [4.69, 9.17) is 21.1 Å². The largest absolute Gasteiger partial charge is 0.484 e. The molecular weight excluding hydrogens is 496 g/mol. The molecule has 2 fully saturated rings. The molecule has 0 radical (unpaired) electrons. The van der Waals surface area contributed by atoms with Gasteiger partial charge in [0.2, 0.25) is 5.95 Å². The summed E-state index contributed by atoms with van der Waals surface area (Å²) in [5, 5.41) is 9.60. The third-order valence-electron chi connectivity index (χ3n) is 5.92.